The summed E-state index contributed by atoms with van der Waals surface area (Å²) in [5.41, 5.74) is 6.56. The van der Waals surface area contributed by atoms with Gasteiger partial charge in [0.25, 0.3) is 0 Å². The van der Waals surface area contributed by atoms with Crippen LogP contribution in [0, 0.1) is 5.82 Å². The summed E-state index contributed by atoms with van der Waals surface area (Å²) in [6.45, 7) is 1.81. The van der Waals surface area contributed by atoms with Gasteiger partial charge in [0.1, 0.15) is 5.82 Å². The molecule has 0 spiro atoms. The fourth-order valence-corrected chi connectivity index (χ4v) is 1.76. The molecule has 0 radical (unpaired) electrons. The Kier molecular flexibility index (Phi) is 3.40. The molecule has 2 rings (SSSR count). The number of rotatable bonds is 3. The third kappa shape index (κ3) is 2.30. The highest BCUT2D eigenvalue weighted by molar-refractivity contribution is 6.16. The van der Waals surface area contributed by atoms with Crippen LogP contribution >= 0.6 is 11.6 Å². The van der Waals surface area contributed by atoms with Crippen molar-refractivity contribution in [2.24, 2.45) is 5.73 Å². The molecule has 0 amide bonds. The van der Waals surface area contributed by atoms with Crippen LogP contribution in [0.3, 0.4) is 0 Å². The molecule has 6 heteroatoms. The first kappa shape index (κ1) is 12.0. The van der Waals surface area contributed by atoms with Gasteiger partial charge in [-0.15, -0.1) is 21.8 Å². The standard InChI is InChI=1S/C11H12ClFN4/c1-7(14)11-16-15-10(6-12)17(11)9-4-2-8(13)3-5-9/h2-5,7H,6,14H2,1H3. The van der Waals surface area contributed by atoms with Crippen molar-refractivity contribution < 1.29 is 4.39 Å². The van der Waals surface area contributed by atoms with Crippen LogP contribution in [0.25, 0.3) is 5.69 Å². The van der Waals surface area contributed by atoms with Crippen molar-refractivity contribution in [2.75, 3.05) is 0 Å². The van der Waals surface area contributed by atoms with Crippen LogP contribution < -0.4 is 5.73 Å². The molecule has 90 valence electrons. The molecule has 0 bridgehead atoms. The number of hydrogen-bond donors (Lipinski definition) is 1. The molecule has 0 aliphatic carbocycles. The van der Waals surface area contributed by atoms with E-state index in [9.17, 15) is 4.39 Å². The van der Waals surface area contributed by atoms with Crippen molar-refractivity contribution >= 4 is 11.6 Å². The van der Waals surface area contributed by atoms with E-state index in [2.05, 4.69) is 10.2 Å². The summed E-state index contributed by atoms with van der Waals surface area (Å²) in [7, 11) is 0. The van der Waals surface area contributed by atoms with Crippen molar-refractivity contribution in [3.63, 3.8) is 0 Å². The Morgan fingerprint density at radius 1 is 1.35 bits per heavy atom. The lowest BCUT2D eigenvalue weighted by Crippen LogP contribution is -2.13. The molecule has 2 N–H and O–H groups in total. The maximum Gasteiger partial charge on any atom is 0.154 e. The lowest BCUT2D eigenvalue weighted by Gasteiger charge is -2.11. The van der Waals surface area contributed by atoms with Crippen molar-refractivity contribution in [1.29, 1.82) is 0 Å². The molecule has 0 saturated carbocycles. The van der Waals surface area contributed by atoms with Gasteiger partial charge in [0.2, 0.25) is 0 Å². The summed E-state index contributed by atoms with van der Waals surface area (Å²) >= 11 is 5.79. The third-order valence-electron chi connectivity index (χ3n) is 2.37. The molecule has 17 heavy (non-hydrogen) atoms. The lowest BCUT2D eigenvalue weighted by atomic mass is 10.2. The van der Waals surface area contributed by atoms with Gasteiger partial charge in [-0.05, 0) is 31.2 Å². The second-order valence-electron chi connectivity index (χ2n) is 3.71. The highest BCUT2D eigenvalue weighted by atomic mass is 35.5. The Morgan fingerprint density at radius 2 is 2.00 bits per heavy atom. The summed E-state index contributed by atoms with van der Waals surface area (Å²) in [5.74, 6) is 1.12. The fraction of sp³-hybridized carbons (Fsp3) is 0.273. The number of hydrogen-bond acceptors (Lipinski definition) is 3. The molecule has 1 atom stereocenters. The Morgan fingerprint density at radius 3 is 2.53 bits per heavy atom. The third-order valence-corrected chi connectivity index (χ3v) is 2.61. The largest absolute Gasteiger partial charge is 0.322 e. The zero-order valence-corrected chi connectivity index (χ0v) is 10.0. The summed E-state index contributed by atoms with van der Waals surface area (Å²) in [4.78, 5) is 0. The molecule has 0 fully saturated rings. The van der Waals surface area contributed by atoms with Crippen LogP contribution in [0.4, 0.5) is 4.39 Å². The van der Waals surface area contributed by atoms with Crippen molar-refractivity contribution in [1.82, 2.24) is 14.8 Å². The van der Waals surface area contributed by atoms with E-state index < -0.39 is 0 Å². The van der Waals surface area contributed by atoms with Gasteiger partial charge in [0, 0.05) is 5.69 Å². The molecular formula is C11H12ClFN4. The van der Waals surface area contributed by atoms with Crippen LogP contribution in [0.2, 0.25) is 0 Å². The predicted octanol–water partition coefficient (Wildman–Crippen LogP) is 2.16. The number of nitrogens with two attached hydrogens (primary N) is 1. The van der Waals surface area contributed by atoms with Gasteiger partial charge < -0.3 is 5.73 Å². The number of nitrogens with zero attached hydrogens (tertiary/aromatic N) is 3. The first-order valence-electron chi connectivity index (χ1n) is 5.15. The summed E-state index contributed by atoms with van der Waals surface area (Å²) in [5, 5.41) is 7.96. The van der Waals surface area contributed by atoms with Crippen LogP contribution in [0.15, 0.2) is 24.3 Å². The number of aromatic nitrogens is 3. The Balaban J connectivity index is 2.55. The van der Waals surface area contributed by atoms with E-state index >= 15 is 0 Å². The second kappa shape index (κ2) is 4.81. The van der Waals surface area contributed by atoms with E-state index in [1.54, 1.807) is 16.7 Å². The first-order chi connectivity index (χ1) is 8.13. The quantitative estimate of drug-likeness (QED) is 0.854. The maximum absolute atomic E-state index is 12.9. The minimum Gasteiger partial charge on any atom is -0.322 e. The molecule has 1 aromatic heterocycles. The van der Waals surface area contributed by atoms with Crippen molar-refractivity contribution in [3.8, 4) is 5.69 Å². The molecule has 1 aromatic carbocycles. The van der Waals surface area contributed by atoms with E-state index in [1.807, 2.05) is 6.92 Å². The molecule has 2 aromatic rings. The zero-order valence-electron chi connectivity index (χ0n) is 9.27. The molecule has 0 saturated heterocycles. The molecule has 4 nitrogen and oxygen atoms in total. The molecule has 1 heterocycles. The number of alkyl halides is 1. The first-order valence-corrected chi connectivity index (χ1v) is 5.68. The number of halogens is 2. The molecular weight excluding hydrogens is 243 g/mol. The van der Waals surface area contributed by atoms with Gasteiger partial charge in [0.05, 0.1) is 11.9 Å². The van der Waals surface area contributed by atoms with Gasteiger partial charge in [-0.2, -0.15) is 0 Å². The second-order valence-corrected chi connectivity index (χ2v) is 3.98. The fourth-order valence-electron chi connectivity index (χ4n) is 1.58. The summed E-state index contributed by atoms with van der Waals surface area (Å²) < 4.78 is 14.6. The average molecular weight is 255 g/mol. The highest BCUT2D eigenvalue weighted by Crippen LogP contribution is 2.18. The van der Waals surface area contributed by atoms with Crippen LogP contribution in [0.1, 0.15) is 24.6 Å². The zero-order chi connectivity index (χ0) is 12.4. The number of benzene rings is 1. The van der Waals surface area contributed by atoms with E-state index in [0.29, 0.717) is 11.6 Å². The molecule has 1 unspecified atom stereocenters. The van der Waals surface area contributed by atoms with Gasteiger partial charge >= 0.3 is 0 Å². The average Bonchev–Trinajstić information content (AvgIpc) is 2.73. The van der Waals surface area contributed by atoms with Crippen LogP contribution in [0.5, 0.6) is 0 Å². The van der Waals surface area contributed by atoms with Gasteiger partial charge in [-0.3, -0.25) is 4.57 Å². The van der Waals surface area contributed by atoms with Gasteiger partial charge in [-0.25, -0.2) is 4.39 Å². The normalized spacial score (nSPS) is 12.7. The lowest BCUT2D eigenvalue weighted by molar-refractivity contribution is 0.626. The van der Waals surface area contributed by atoms with E-state index in [0.717, 1.165) is 5.69 Å². The minimum atomic E-state index is -0.295. The van der Waals surface area contributed by atoms with Crippen molar-refractivity contribution in [3.05, 3.63) is 41.7 Å². The predicted molar refractivity (Wildman–Crippen MR) is 63.5 cm³/mol. The van der Waals surface area contributed by atoms with Crippen LogP contribution in [-0.2, 0) is 5.88 Å². The van der Waals surface area contributed by atoms with Crippen LogP contribution in [-0.4, -0.2) is 14.8 Å². The van der Waals surface area contributed by atoms with E-state index in [-0.39, 0.29) is 17.7 Å². The minimum absolute atomic E-state index is 0.219. The monoisotopic (exact) mass is 254 g/mol. The SMILES string of the molecule is CC(N)c1nnc(CCl)n1-c1ccc(F)cc1. The highest BCUT2D eigenvalue weighted by Gasteiger charge is 2.15. The van der Waals surface area contributed by atoms with E-state index in [1.165, 1.54) is 12.1 Å². The van der Waals surface area contributed by atoms with Gasteiger partial charge in [-0.1, -0.05) is 0 Å². The Bertz CT molecular complexity index is 507. The van der Waals surface area contributed by atoms with E-state index in [4.69, 9.17) is 17.3 Å². The Hall–Kier alpha value is -1.46. The topological polar surface area (TPSA) is 56.7 Å². The summed E-state index contributed by atoms with van der Waals surface area (Å²) in [6, 6.07) is 5.75. The van der Waals surface area contributed by atoms with Gasteiger partial charge in [0.15, 0.2) is 11.6 Å². The smallest absolute Gasteiger partial charge is 0.154 e. The molecule has 0 aliphatic heterocycles. The summed E-state index contributed by atoms with van der Waals surface area (Å²) in [6.07, 6.45) is 0. The van der Waals surface area contributed by atoms with Crippen molar-refractivity contribution in [2.45, 2.75) is 18.8 Å². The Labute approximate surface area is 103 Å². The molecule has 0 aliphatic rings. The maximum atomic E-state index is 12.9.